The van der Waals surface area contributed by atoms with Gasteiger partial charge in [0.2, 0.25) is 5.91 Å². The SMILES string of the molecule is CC(C)C[C@@H](NC(=O)CN(c1cccc(C(F)(F)F)c1)S(=O)(=O)c1ccccc1)c1ccccc1. The molecule has 0 spiro atoms. The molecular weight excluding hydrogens is 477 g/mol. The third-order valence-corrected chi connectivity index (χ3v) is 7.11. The Morgan fingerprint density at radius 1 is 0.914 bits per heavy atom. The standard InChI is InChI=1S/C26H27F3N2O3S/c1-19(2)16-24(20-10-5-3-6-11-20)30-25(32)18-31(35(33,34)23-14-7-4-8-15-23)22-13-9-12-21(17-22)26(27,28)29/h3-15,17,19,24H,16,18H2,1-2H3,(H,30,32)/t24-/m1/s1. The van der Waals surface area contributed by atoms with Crippen molar-refractivity contribution in [1.29, 1.82) is 0 Å². The van der Waals surface area contributed by atoms with Crippen molar-refractivity contribution in [2.45, 2.75) is 37.4 Å². The highest BCUT2D eigenvalue weighted by Crippen LogP contribution is 2.33. The zero-order valence-corrected chi connectivity index (χ0v) is 20.2. The fourth-order valence-electron chi connectivity index (χ4n) is 3.68. The van der Waals surface area contributed by atoms with Crippen LogP contribution in [0.4, 0.5) is 18.9 Å². The van der Waals surface area contributed by atoms with Crippen molar-refractivity contribution in [2.24, 2.45) is 5.92 Å². The minimum absolute atomic E-state index is 0.132. The number of nitrogens with zero attached hydrogens (tertiary/aromatic N) is 1. The Kier molecular flexibility index (Phi) is 8.22. The van der Waals surface area contributed by atoms with Crippen LogP contribution in [0.3, 0.4) is 0 Å². The third-order valence-electron chi connectivity index (χ3n) is 5.32. The maximum Gasteiger partial charge on any atom is 0.416 e. The fourth-order valence-corrected chi connectivity index (χ4v) is 5.11. The molecule has 0 aliphatic rings. The van der Waals surface area contributed by atoms with Gasteiger partial charge >= 0.3 is 6.18 Å². The van der Waals surface area contributed by atoms with Crippen LogP contribution in [0.2, 0.25) is 0 Å². The van der Waals surface area contributed by atoms with E-state index < -0.39 is 34.2 Å². The molecule has 3 rings (SSSR count). The van der Waals surface area contributed by atoms with Gasteiger partial charge in [-0.3, -0.25) is 9.10 Å². The van der Waals surface area contributed by atoms with Gasteiger partial charge in [0.15, 0.2) is 0 Å². The van der Waals surface area contributed by atoms with Crippen molar-refractivity contribution >= 4 is 21.6 Å². The van der Waals surface area contributed by atoms with Crippen LogP contribution in [-0.2, 0) is 21.0 Å². The molecule has 0 aliphatic carbocycles. The molecule has 1 atom stereocenters. The van der Waals surface area contributed by atoms with E-state index in [4.69, 9.17) is 0 Å². The molecule has 186 valence electrons. The monoisotopic (exact) mass is 504 g/mol. The van der Waals surface area contributed by atoms with Gasteiger partial charge in [0.1, 0.15) is 6.54 Å². The third kappa shape index (κ3) is 6.85. The van der Waals surface area contributed by atoms with Crippen molar-refractivity contribution in [3.63, 3.8) is 0 Å². The number of hydrogen-bond donors (Lipinski definition) is 1. The number of hydrogen-bond acceptors (Lipinski definition) is 3. The van der Waals surface area contributed by atoms with E-state index in [-0.39, 0.29) is 22.5 Å². The Morgan fingerprint density at radius 2 is 1.51 bits per heavy atom. The van der Waals surface area contributed by atoms with E-state index in [0.29, 0.717) is 10.7 Å². The van der Waals surface area contributed by atoms with Crippen LogP contribution < -0.4 is 9.62 Å². The molecule has 3 aromatic rings. The fraction of sp³-hybridized carbons (Fsp3) is 0.269. The molecule has 9 heteroatoms. The molecule has 35 heavy (non-hydrogen) atoms. The molecule has 0 radical (unpaired) electrons. The summed E-state index contributed by atoms with van der Waals surface area (Å²) in [7, 11) is -4.33. The molecule has 0 aliphatic heterocycles. The first-order valence-corrected chi connectivity index (χ1v) is 12.5. The second kappa shape index (κ2) is 10.9. The summed E-state index contributed by atoms with van der Waals surface area (Å²) in [5.74, 6) is -0.399. The van der Waals surface area contributed by atoms with E-state index in [1.54, 1.807) is 6.07 Å². The lowest BCUT2D eigenvalue weighted by atomic mass is 9.97. The van der Waals surface area contributed by atoms with Crippen LogP contribution >= 0.6 is 0 Å². The maximum absolute atomic E-state index is 13.4. The van der Waals surface area contributed by atoms with Crippen LogP contribution in [0.15, 0.2) is 89.8 Å². The highest BCUT2D eigenvalue weighted by Gasteiger charge is 2.33. The second-order valence-electron chi connectivity index (χ2n) is 8.53. The molecule has 0 aromatic heterocycles. The molecule has 0 saturated heterocycles. The molecular formula is C26H27F3N2O3S. The Hall–Kier alpha value is -3.33. The van der Waals surface area contributed by atoms with Gasteiger partial charge in [-0.2, -0.15) is 13.2 Å². The van der Waals surface area contributed by atoms with Gasteiger partial charge in [-0.1, -0.05) is 68.4 Å². The number of alkyl halides is 3. The first-order valence-electron chi connectivity index (χ1n) is 11.1. The smallest absolute Gasteiger partial charge is 0.348 e. The number of benzene rings is 3. The van der Waals surface area contributed by atoms with E-state index in [9.17, 15) is 26.4 Å². The number of amides is 1. The molecule has 0 unspecified atom stereocenters. The lowest BCUT2D eigenvalue weighted by molar-refractivity contribution is -0.137. The Labute approximate surface area is 203 Å². The Morgan fingerprint density at radius 3 is 2.09 bits per heavy atom. The van der Waals surface area contributed by atoms with Crippen LogP contribution in [0, 0.1) is 5.92 Å². The van der Waals surface area contributed by atoms with Gasteiger partial charge < -0.3 is 5.32 Å². The summed E-state index contributed by atoms with van der Waals surface area (Å²) in [6.07, 6.45) is -4.07. The first-order chi connectivity index (χ1) is 16.5. The van der Waals surface area contributed by atoms with Crippen LogP contribution in [0.1, 0.15) is 37.4 Å². The number of carbonyl (C=O) groups is 1. The van der Waals surface area contributed by atoms with Gasteiger partial charge in [0, 0.05) is 0 Å². The Bertz CT molecular complexity index is 1230. The molecule has 0 saturated carbocycles. The summed E-state index contributed by atoms with van der Waals surface area (Å²) >= 11 is 0. The summed E-state index contributed by atoms with van der Waals surface area (Å²) in [6, 6.07) is 20.1. The molecule has 3 aromatic carbocycles. The van der Waals surface area contributed by atoms with E-state index in [1.807, 2.05) is 44.2 Å². The molecule has 1 amide bonds. The summed E-state index contributed by atoms with van der Waals surface area (Å²) < 4.78 is 67.6. The zero-order chi connectivity index (χ0) is 25.6. The second-order valence-corrected chi connectivity index (χ2v) is 10.4. The maximum atomic E-state index is 13.4. The van der Waals surface area contributed by atoms with E-state index in [0.717, 1.165) is 23.8 Å². The summed E-state index contributed by atoms with van der Waals surface area (Å²) in [5.41, 5.74) is -0.407. The van der Waals surface area contributed by atoms with Crippen molar-refractivity contribution in [2.75, 3.05) is 10.8 Å². The van der Waals surface area contributed by atoms with Gasteiger partial charge in [0.05, 0.1) is 22.2 Å². The van der Waals surface area contributed by atoms with Crippen molar-refractivity contribution in [1.82, 2.24) is 5.32 Å². The van der Waals surface area contributed by atoms with Crippen molar-refractivity contribution < 1.29 is 26.4 Å². The molecule has 0 heterocycles. The molecule has 1 N–H and O–H groups in total. The minimum atomic E-state index is -4.67. The molecule has 0 bridgehead atoms. The number of nitrogens with one attached hydrogen (secondary N) is 1. The zero-order valence-electron chi connectivity index (χ0n) is 19.4. The van der Waals surface area contributed by atoms with Crippen LogP contribution in [0.25, 0.3) is 0 Å². The predicted octanol–water partition coefficient (Wildman–Crippen LogP) is 5.80. The average Bonchev–Trinajstić information content (AvgIpc) is 2.82. The number of halogens is 3. The Balaban J connectivity index is 1.97. The molecule has 0 fully saturated rings. The van der Waals surface area contributed by atoms with E-state index >= 15 is 0 Å². The average molecular weight is 505 g/mol. The van der Waals surface area contributed by atoms with Crippen LogP contribution in [-0.4, -0.2) is 20.9 Å². The largest absolute Gasteiger partial charge is 0.416 e. The highest BCUT2D eigenvalue weighted by atomic mass is 32.2. The van der Waals surface area contributed by atoms with Crippen LogP contribution in [0.5, 0.6) is 0 Å². The lowest BCUT2D eigenvalue weighted by Gasteiger charge is -2.27. The quantitative estimate of drug-likeness (QED) is 0.400. The number of rotatable bonds is 9. The first kappa shape index (κ1) is 26.3. The van der Waals surface area contributed by atoms with Gasteiger partial charge in [0.25, 0.3) is 10.0 Å². The topological polar surface area (TPSA) is 66.5 Å². The summed E-state index contributed by atoms with van der Waals surface area (Å²) in [4.78, 5) is 13.0. The van der Waals surface area contributed by atoms with Gasteiger partial charge in [-0.05, 0) is 48.2 Å². The predicted molar refractivity (Wildman–Crippen MR) is 129 cm³/mol. The molecule has 5 nitrogen and oxygen atoms in total. The van der Waals surface area contributed by atoms with Crippen molar-refractivity contribution in [3.05, 3.63) is 96.1 Å². The number of sulfonamides is 1. The van der Waals surface area contributed by atoms with Gasteiger partial charge in [-0.15, -0.1) is 0 Å². The summed E-state index contributed by atoms with van der Waals surface area (Å²) in [5, 5.41) is 2.87. The number of anilines is 1. The van der Waals surface area contributed by atoms with Crippen molar-refractivity contribution in [3.8, 4) is 0 Å². The van der Waals surface area contributed by atoms with E-state index in [1.165, 1.54) is 30.3 Å². The summed E-state index contributed by atoms with van der Waals surface area (Å²) in [6.45, 7) is 3.31. The normalized spacial score (nSPS) is 12.9. The minimum Gasteiger partial charge on any atom is -0.348 e. The van der Waals surface area contributed by atoms with Gasteiger partial charge in [-0.25, -0.2) is 8.42 Å². The number of carbonyl (C=O) groups excluding carboxylic acids is 1. The van der Waals surface area contributed by atoms with E-state index in [2.05, 4.69) is 5.32 Å². The lowest BCUT2D eigenvalue weighted by Crippen LogP contribution is -2.42. The highest BCUT2D eigenvalue weighted by molar-refractivity contribution is 7.92.